The molecule has 2 heterocycles. The fourth-order valence-electron chi connectivity index (χ4n) is 3.99. The minimum absolute atomic E-state index is 0.0151. The van der Waals surface area contributed by atoms with Crippen LogP contribution in [-0.2, 0) is 22.7 Å². The summed E-state index contributed by atoms with van der Waals surface area (Å²) in [5.41, 5.74) is 1.08. The van der Waals surface area contributed by atoms with Crippen molar-refractivity contribution in [2.45, 2.75) is 25.9 Å². The molecular formula is C26H28N2O4. The van der Waals surface area contributed by atoms with Gasteiger partial charge in [-0.1, -0.05) is 48.5 Å². The smallest absolute Gasteiger partial charge is 0.260 e. The number of likely N-dealkylation sites (tertiary alicyclic amines) is 1. The number of piperidine rings is 1. The monoisotopic (exact) mass is 432 g/mol. The Morgan fingerprint density at radius 2 is 1.59 bits per heavy atom. The SMILES string of the molecule is O=C(COc1ccccc1)N1CCC(C(=O)N(Cc2ccccc2)Cc2ccco2)CC1. The molecule has 0 radical (unpaired) electrons. The number of hydrogen-bond acceptors (Lipinski definition) is 4. The van der Waals surface area contributed by atoms with Gasteiger partial charge in [-0.3, -0.25) is 9.59 Å². The highest BCUT2D eigenvalue weighted by Gasteiger charge is 2.30. The van der Waals surface area contributed by atoms with Crippen LogP contribution in [0.25, 0.3) is 0 Å². The van der Waals surface area contributed by atoms with Gasteiger partial charge in [0, 0.05) is 25.6 Å². The van der Waals surface area contributed by atoms with Crippen LogP contribution >= 0.6 is 0 Å². The van der Waals surface area contributed by atoms with Crippen molar-refractivity contribution in [2.24, 2.45) is 5.92 Å². The topological polar surface area (TPSA) is 63.0 Å². The van der Waals surface area contributed by atoms with Crippen molar-refractivity contribution in [2.75, 3.05) is 19.7 Å². The Balaban J connectivity index is 1.32. The number of amides is 2. The van der Waals surface area contributed by atoms with E-state index in [1.54, 1.807) is 11.2 Å². The fourth-order valence-corrected chi connectivity index (χ4v) is 3.99. The van der Waals surface area contributed by atoms with Crippen molar-refractivity contribution < 1.29 is 18.7 Å². The van der Waals surface area contributed by atoms with Gasteiger partial charge in [-0.15, -0.1) is 0 Å². The normalized spacial score (nSPS) is 14.2. The molecule has 3 aromatic rings. The summed E-state index contributed by atoms with van der Waals surface area (Å²) in [5.74, 6) is 1.41. The molecule has 0 saturated carbocycles. The molecule has 0 atom stereocenters. The van der Waals surface area contributed by atoms with E-state index in [9.17, 15) is 9.59 Å². The number of carbonyl (C=O) groups excluding carboxylic acids is 2. The van der Waals surface area contributed by atoms with Gasteiger partial charge >= 0.3 is 0 Å². The second-order valence-electron chi connectivity index (χ2n) is 8.02. The highest BCUT2D eigenvalue weighted by atomic mass is 16.5. The van der Waals surface area contributed by atoms with Crippen molar-refractivity contribution in [3.8, 4) is 5.75 Å². The van der Waals surface area contributed by atoms with Gasteiger partial charge in [-0.25, -0.2) is 0 Å². The lowest BCUT2D eigenvalue weighted by Crippen LogP contribution is -2.45. The Hall–Kier alpha value is -3.54. The Kier molecular flexibility index (Phi) is 7.23. The van der Waals surface area contributed by atoms with E-state index >= 15 is 0 Å². The summed E-state index contributed by atoms with van der Waals surface area (Å²) in [4.78, 5) is 29.5. The quantitative estimate of drug-likeness (QED) is 0.537. The maximum atomic E-state index is 13.4. The number of ether oxygens (including phenoxy) is 1. The van der Waals surface area contributed by atoms with Crippen molar-refractivity contribution in [3.05, 3.63) is 90.4 Å². The second kappa shape index (κ2) is 10.7. The molecule has 6 nitrogen and oxygen atoms in total. The predicted octanol–water partition coefficient (Wildman–Crippen LogP) is 4.13. The van der Waals surface area contributed by atoms with E-state index in [4.69, 9.17) is 9.15 Å². The van der Waals surface area contributed by atoms with Crippen molar-refractivity contribution >= 4 is 11.8 Å². The molecule has 0 bridgehead atoms. The Morgan fingerprint density at radius 1 is 0.906 bits per heavy atom. The molecule has 1 fully saturated rings. The summed E-state index contributed by atoms with van der Waals surface area (Å²) in [6.07, 6.45) is 2.93. The molecule has 0 aliphatic carbocycles. The number of furan rings is 1. The molecule has 0 unspecified atom stereocenters. The van der Waals surface area contributed by atoms with Gasteiger partial charge in [-0.05, 0) is 42.7 Å². The number of rotatable bonds is 8. The zero-order chi connectivity index (χ0) is 22.2. The Bertz CT molecular complexity index is 981. The molecule has 2 aromatic carbocycles. The van der Waals surface area contributed by atoms with Crippen LogP contribution in [0.2, 0.25) is 0 Å². The first-order chi connectivity index (χ1) is 15.7. The van der Waals surface area contributed by atoms with E-state index in [-0.39, 0.29) is 24.3 Å². The number of hydrogen-bond donors (Lipinski definition) is 0. The van der Waals surface area contributed by atoms with E-state index in [2.05, 4.69) is 0 Å². The number of benzene rings is 2. The molecule has 4 rings (SSSR count). The van der Waals surface area contributed by atoms with E-state index in [1.165, 1.54) is 0 Å². The summed E-state index contributed by atoms with van der Waals surface area (Å²) in [6.45, 7) is 2.11. The van der Waals surface area contributed by atoms with Crippen molar-refractivity contribution in [3.63, 3.8) is 0 Å². The molecule has 32 heavy (non-hydrogen) atoms. The molecular weight excluding hydrogens is 404 g/mol. The van der Waals surface area contributed by atoms with Gasteiger partial charge in [-0.2, -0.15) is 0 Å². The fraction of sp³-hybridized carbons (Fsp3) is 0.308. The molecule has 1 aliphatic heterocycles. The van der Waals surface area contributed by atoms with Gasteiger partial charge in [0.15, 0.2) is 6.61 Å². The third kappa shape index (κ3) is 5.78. The Morgan fingerprint density at radius 3 is 2.25 bits per heavy atom. The van der Waals surface area contributed by atoms with Gasteiger partial charge in [0.05, 0.1) is 12.8 Å². The minimum Gasteiger partial charge on any atom is -0.484 e. The van der Waals surface area contributed by atoms with Crippen LogP contribution in [0.4, 0.5) is 0 Å². The minimum atomic E-state index is -0.104. The summed E-state index contributed by atoms with van der Waals surface area (Å²) < 4.78 is 11.1. The lowest BCUT2D eigenvalue weighted by Gasteiger charge is -2.34. The zero-order valence-corrected chi connectivity index (χ0v) is 18.1. The Labute approximate surface area is 188 Å². The maximum absolute atomic E-state index is 13.4. The third-order valence-electron chi connectivity index (χ3n) is 5.76. The van der Waals surface area contributed by atoms with Crippen LogP contribution in [0, 0.1) is 5.92 Å². The summed E-state index contributed by atoms with van der Waals surface area (Å²) in [7, 11) is 0. The van der Waals surface area contributed by atoms with Gasteiger partial charge < -0.3 is 19.0 Å². The molecule has 1 aliphatic rings. The van der Waals surface area contributed by atoms with Crippen LogP contribution in [0.1, 0.15) is 24.2 Å². The zero-order valence-electron chi connectivity index (χ0n) is 18.1. The summed E-state index contributed by atoms with van der Waals surface area (Å²) >= 11 is 0. The van der Waals surface area contributed by atoms with Crippen molar-refractivity contribution in [1.82, 2.24) is 9.80 Å². The average molecular weight is 433 g/mol. The van der Waals surface area contributed by atoms with E-state index in [0.717, 1.165) is 11.3 Å². The van der Waals surface area contributed by atoms with Crippen LogP contribution in [0.15, 0.2) is 83.5 Å². The van der Waals surface area contributed by atoms with E-state index < -0.39 is 0 Å². The van der Waals surface area contributed by atoms with Crippen LogP contribution < -0.4 is 4.74 Å². The van der Waals surface area contributed by atoms with E-state index in [0.29, 0.717) is 44.8 Å². The first-order valence-electron chi connectivity index (χ1n) is 11.0. The van der Waals surface area contributed by atoms with Crippen molar-refractivity contribution in [1.29, 1.82) is 0 Å². The maximum Gasteiger partial charge on any atom is 0.260 e. The van der Waals surface area contributed by atoms with Crippen LogP contribution in [0.3, 0.4) is 0 Å². The average Bonchev–Trinajstić information content (AvgIpc) is 3.36. The third-order valence-corrected chi connectivity index (χ3v) is 5.76. The predicted molar refractivity (Wildman–Crippen MR) is 121 cm³/mol. The first kappa shape index (κ1) is 21.7. The largest absolute Gasteiger partial charge is 0.484 e. The lowest BCUT2D eigenvalue weighted by atomic mass is 9.95. The highest BCUT2D eigenvalue weighted by Crippen LogP contribution is 2.23. The highest BCUT2D eigenvalue weighted by molar-refractivity contribution is 5.80. The first-order valence-corrected chi connectivity index (χ1v) is 11.0. The lowest BCUT2D eigenvalue weighted by molar-refractivity contribution is -0.142. The molecule has 166 valence electrons. The molecule has 0 spiro atoms. The summed E-state index contributed by atoms with van der Waals surface area (Å²) in [5, 5.41) is 0. The van der Waals surface area contributed by atoms with Crippen LogP contribution in [0.5, 0.6) is 5.75 Å². The molecule has 1 aromatic heterocycles. The molecule has 6 heteroatoms. The number of nitrogens with zero attached hydrogens (tertiary/aromatic N) is 2. The van der Waals surface area contributed by atoms with Gasteiger partial charge in [0.2, 0.25) is 5.91 Å². The van der Waals surface area contributed by atoms with Gasteiger partial charge in [0.1, 0.15) is 11.5 Å². The summed E-state index contributed by atoms with van der Waals surface area (Å²) in [6, 6.07) is 23.0. The van der Waals surface area contributed by atoms with Gasteiger partial charge in [0.25, 0.3) is 5.91 Å². The van der Waals surface area contributed by atoms with Crippen LogP contribution in [-0.4, -0.2) is 41.3 Å². The molecule has 1 saturated heterocycles. The molecule has 2 amide bonds. The molecule has 0 N–H and O–H groups in total. The standard InChI is InChI=1S/C26H28N2O4/c29-25(20-32-23-10-5-2-6-11-23)27-15-13-22(14-16-27)26(30)28(19-24-12-7-17-31-24)18-21-8-3-1-4-9-21/h1-12,17,22H,13-16,18-20H2. The number of carbonyl (C=O) groups is 2. The second-order valence-corrected chi connectivity index (χ2v) is 8.02. The van der Waals surface area contributed by atoms with E-state index in [1.807, 2.05) is 77.7 Å². The number of para-hydroxylation sites is 1.